The summed E-state index contributed by atoms with van der Waals surface area (Å²) in [7, 11) is 0. The minimum atomic E-state index is -0.310. The number of rotatable bonds is 1. The minimum Gasteiger partial charge on any atom is -0.388 e. The first kappa shape index (κ1) is 9.69. The number of aliphatic hydroxyl groups is 1. The predicted molar refractivity (Wildman–Crippen MR) is 56.9 cm³/mol. The van der Waals surface area contributed by atoms with Crippen LogP contribution in [0.15, 0.2) is 18.2 Å². The average Bonchev–Trinajstić information content (AvgIpc) is 2.46. The van der Waals surface area contributed by atoms with Crippen molar-refractivity contribution in [2.24, 2.45) is 5.73 Å². The second kappa shape index (κ2) is 3.07. The van der Waals surface area contributed by atoms with Gasteiger partial charge < -0.3 is 10.8 Å². The van der Waals surface area contributed by atoms with Crippen LogP contribution in [0.4, 0.5) is 0 Å². The van der Waals surface area contributed by atoms with Crippen molar-refractivity contribution in [3.63, 3.8) is 0 Å². The van der Waals surface area contributed by atoms with Gasteiger partial charge in [-0.25, -0.2) is 0 Å². The third-order valence-electron chi connectivity index (χ3n) is 2.93. The van der Waals surface area contributed by atoms with Crippen molar-refractivity contribution in [1.29, 1.82) is 0 Å². The van der Waals surface area contributed by atoms with E-state index in [4.69, 9.17) is 5.73 Å². The van der Waals surface area contributed by atoms with Gasteiger partial charge in [0.15, 0.2) is 0 Å². The molecule has 2 rings (SSSR count). The molecule has 2 nitrogen and oxygen atoms in total. The highest BCUT2D eigenvalue weighted by Crippen LogP contribution is 2.36. The molecule has 0 aromatic heterocycles. The van der Waals surface area contributed by atoms with Crippen molar-refractivity contribution < 1.29 is 5.11 Å². The molecule has 14 heavy (non-hydrogen) atoms. The van der Waals surface area contributed by atoms with Crippen LogP contribution in [-0.2, 0) is 12.0 Å². The van der Waals surface area contributed by atoms with Gasteiger partial charge in [-0.2, -0.15) is 0 Å². The fourth-order valence-corrected chi connectivity index (χ4v) is 2.24. The average molecular weight is 191 g/mol. The van der Waals surface area contributed by atoms with E-state index in [2.05, 4.69) is 6.07 Å². The molecule has 1 aliphatic carbocycles. The summed E-state index contributed by atoms with van der Waals surface area (Å²) in [5.74, 6) is 0. The first-order valence-corrected chi connectivity index (χ1v) is 5.09. The van der Waals surface area contributed by atoms with Gasteiger partial charge >= 0.3 is 0 Å². The van der Waals surface area contributed by atoms with Crippen LogP contribution in [0.3, 0.4) is 0 Å². The molecule has 1 aromatic rings. The molecule has 0 aliphatic heterocycles. The Morgan fingerprint density at radius 3 is 2.79 bits per heavy atom. The largest absolute Gasteiger partial charge is 0.388 e. The molecular weight excluding hydrogens is 174 g/mol. The number of hydrogen-bond acceptors (Lipinski definition) is 2. The summed E-state index contributed by atoms with van der Waals surface area (Å²) in [4.78, 5) is 0. The van der Waals surface area contributed by atoms with Crippen LogP contribution in [0.5, 0.6) is 0 Å². The van der Waals surface area contributed by atoms with E-state index in [0.29, 0.717) is 0 Å². The van der Waals surface area contributed by atoms with Gasteiger partial charge in [0.05, 0.1) is 6.10 Å². The van der Waals surface area contributed by atoms with Crippen LogP contribution >= 0.6 is 0 Å². The first-order valence-electron chi connectivity index (χ1n) is 5.09. The van der Waals surface area contributed by atoms with E-state index in [9.17, 15) is 5.11 Å². The van der Waals surface area contributed by atoms with Crippen LogP contribution in [-0.4, -0.2) is 5.11 Å². The molecule has 0 saturated carbocycles. The van der Waals surface area contributed by atoms with E-state index >= 15 is 0 Å². The molecule has 76 valence electrons. The van der Waals surface area contributed by atoms with Gasteiger partial charge in [-0.05, 0) is 43.4 Å². The monoisotopic (exact) mass is 191 g/mol. The van der Waals surface area contributed by atoms with E-state index in [1.807, 2.05) is 26.0 Å². The topological polar surface area (TPSA) is 46.2 Å². The lowest BCUT2D eigenvalue weighted by molar-refractivity contribution is 0.180. The Kier molecular flexibility index (Phi) is 2.13. The molecule has 2 heteroatoms. The standard InChI is InChI=1S/C12H17NO/c1-12(2,13)10-5-3-4-9-8(10)6-7-11(9)14/h3-5,11,14H,6-7,13H2,1-2H3/t11-/m0/s1. The maximum Gasteiger partial charge on any atom is 0.0796 e. The fraction of sp³-hybridized carbons (Fsp3) is 0.500. The van der Waals surface area contributed by atoms with Crippen molar-refractivity contribution in [1.82, 2.24) is 0 Å². The fourth-order valence-electron chi connectivity index (χ4n) is 2.24. The Morgan fingerprint density at radius 1 is 1.43 bits per heavy atom. The molecule has 0 bridgehead atoms. The molecule has 0 heterocycles. The summed E-state index contributed by atoms with van der Waals surface area (Å²) in [6.07, 6.45) is 1.50. The number of benzene rings is 1. The van der Waals surface area contributed by atoms with Crippen LogP contribution in [0.25, 0.3) is 0 Å². The Hall–Kier alpha value is -0.860. The molecular formula is C12H17NO. The van der Waals surface area contributed by atoms with Crippen molar-refractivity contribution in [2.45, 2.75) is 38.3 Å². The summed E-state index contributed by atoms with van der Waals surface area (Å²) >= 11 is 0. The zero-order valence-corrected chi connectivity index (χ0v) is 8.75. The van der Waals surface area contributed by atoms with Crippen molar-refractivity contribution in [3.8, 4) is 0 Å². The summed E-state index contributed by atoms with van der Waals surface area (Å²) in [5, 5.41) is 9.73. The van der Waals surface area contributed by atoms with Gasteiger partial charge in [-0.1, -0.05) is 18.2 Å². The third-order valence-corrected chi connectivity index (χ3v) is 2.93. The highest BCUT2D eigenvalue weighted by molar-refractivity contribution is 5.43. The van der Waals surface area contributed by atoms with Crippen molar-refractivity contribution in [3.05, 3.63) is 34.9 Å². The van der Waals surface area contributed by atoms with E-state index in [1.165, 1.54) is 11.1 Å². The quantitative estimate of drug-likeness (QED) is 0.711. The zero-order chi connectivity index (χ0) is 10.3. The summed E-state index contributed by atoms with van der Waals surface area (Å²) in [6, 6.07) is 6.05. The van der Waals surface area contributed by atoms with E-state index < -0.39 is 0 Å². The molecule has 0 unspecified atom stereocenters. The second-order valence-corrected chi connectivity index (χ2v) is 4.65. The van der Waals surface area contributed by atoms with Crippen molar-refractivity contribution >= 4 is 0 Å². The second-order valence-electron chi connectivity index (χ2n) is 4.65. The van der Waals surface area contributed by atoms with Gasteiger partial charge in [0.25, 0.3) is 0 Å². The lowest BCUT2D eigenvalue weighted by Crippen LogP contribution is -2.30. The molecule has 0 fully saturated rings. The van der Waals surface area contributed by atoms with Gasteiger partial charge in [0, 0.05) is 5.54 Å². The summed E-state index contributed by atoms with van der Waals surface area (Å²) in [5.41, 5.74) is 9.28. The van der Waals surface area contributed by atoms with E-state index in [0.717, 1.165) is 18.4 Å². The molecule has 1 aromatic carbocycles. The maximum absolute atomic E-state index is 9.73. The van der Waals surface area contributed by atoms with Gasteiger partial charge in [-0.15, -0.1) is 0 Å². The van der Waals surface area contributed by atoms with E-state index in [1.54, 1.807) is 0 Å². The smallest absolute Gasteiger partial charge is 0.0796 e. The first-order chi connectivity index (χ1) is 6.50. The van der Waals surface area contributed by atoms with Crippen LogP contribution in [0.2, 0.25) is 0 Å². The maximum atomic E-state index is 9.73. The molecule has 0 amide bonds. The molecule has 1 atom stereocenters. The Labute approximate surface area is 84.7 Å². The molecule has 1 aliphatic rings. The highest BCUT2D eigenvalue weighted by Gasteiger charge is 2.26. The van der Waals surface area contributed by atoms with Crippen LogP contribution in [0.1, 0.15) is 43.1 Å². The molecule has 3 N–H and O–H groups in total. The normalized spacial score (nSPS) is 21.0. The molecule has 0 spiro atoms. The summed E-state index contributed by atoms with van der Waals surface area (Å²) in [6.45, 7) is 4.01. The Bertz CT molecular complexity index is 352. The highest BCUT2D eigenvalue weighted by atomic mass is 16.3. The number of fused-ring (bicyclic) bond motifs is 1. The van der Waals surface area contributed by atoms with Crippen LogP contribution < -0.4 is 5.73 Å². The molecule has 0 saturated heterocycles. The van der Waals surface area contributed by atoms with E-state index in [-0.39, 0.29) is 11.6 Å². The van der Waals surface area contributed by atoms with Gasteiger partial charge in [0.1, 0.15) is 0 Å². The van der Waals surface area contributed by atoms with Gasteiger partial charge in [0.2, 0.25) is 0 Å². The third kappa shape index (κ3) is 1.45. The SMILES string of the molecule is CC(C)(N)c1cccc2c1CC[C@@H]2O. The number of hydrogen-bond donors (Lipinski definition) is 2. The lowest BCUT2D eigenvalue weighted by atomic mass is 9.89. The minimum absolute atomic E-state index is 0.285. The number of aliphatic hydroxyl groups excluding tert-OH is 1. The Morgan fingerprint density at radius 2 is 2.14 bits per heavy atom. The zero-order valence-electron chi connectivity index (χ0n) is 8.75. The Balaban J connectivity index is 2.55. The lowest BCUT2D eigenvalue weighted by Gasteiger charge is -2.22. The molecule has 0 radical (unpaired) electrons. The summed E-state index contributed by atoms with van der Waals surface area (Å²) < 4.78 is 0. The van der Waals surface area contributed by atoms with Crippen molar-refractivity contribution in [2.75, 3.05) is 0 Å². The van der Waals surface area contributed by atoms with Gasteiger partial charge in [-0.3, -0.25) is 0 Å². The predicted octanol–water partition coefficient (Wildman–Crippen LogP) is 1.86. The van der Waals surface area contributed by atoms with Crippen LogP contribution in [0, 0.1) is 0 Å². The number of nitrogens with two attached hydrogens (primary N) is 1.